The summed E-state index contributed by atoms with van der Waals surface area (Å²) < 4.78 is 18.9. The number of halogens is 1. The fraction of sp³-hybridized carbons (Fsp3) is 0.429. The highest BCUT2D eigenvalue weighted by Gasteiger charge is 2.07. The van der Waals surface area contributed by atoms with Crippen molar-refractivity contribution in [1.82, 2.24) is 15.5 Å². The van der Waals surface area contributed by atoms with Crippen molar-refractivity contribution in [1.29, 1.82) is 0 Å². The molecule has 0 bridgehead atoms. The molecular formula is C14H19FN4O. The fourth-order valence-corrected chi connectivity index (χ4v) is 1.94. The van der Waals surface area contributed by atoms with Crippen molar-refractivity contribution in [2.45, 2.75) is 33.9 Å². The number of nitrogens with one attached hydrogen (secondary N) is 2. The Morgan fingerprint density at radius 3 is 2.50 bits per heavy atom. The van der Waals surface area contributed by atoms with Crippen LogP contribution in [-0.2, 0) is 13.1 Å². The molecule has 20 heavy (non-hydrogen) atoms. The summed E-state index contributed by atoms with van der Waals surface area (Å²) in [6.45, 7) is 7.44. The van der Waals surface area contributed by atoms with E-state index >= 15 is 0 Å². The van der Waals surface area contributed by atoms with Crippen molar-refractivity contribution in [3.63, 3.8) is 0 Å². The Bertz CT molecular complexity index is 559. The first-order chi connectivity index (χ1) is 9.60. The summed E-state index contributed by atoms with van der Waals surface area (Å²) in [6.07, 6.45) is 0. The van der Waals surface area contributed by atoms with Crippen LogP contribution in [0.2, 0.25) is 0 Å². The number of anilines is 1. The van der Waals surface area contributed by atoms with Crippen LogP contribution in [0, 0.1) is 19.7 Å². The summed E-state index contributed by atoms with van der Waals surface area (Å²) in [5.41, 5.74) is 2.26. The molecule has 0 radical (unpaired) electrons. The third-order valence-electron chi connectivity index (χ3n) is 2.93. The molecule has 1 aromatic heterocycles. The molecule has 6 heteroatoms. The summed E-state index contributed by atoms with van der Waals surface area (Å²) in [5.74, 6) is 0.389. The first-order valence-corrected chi connectivity index (χ1v) is 6.62. The second-order valence-electron chi connectivity index (χ2n) is 4.68. The normalized spacial score (nSPS) is 10.8. The van der Waals surface area contributed by atoms with Crippen LogP contribution in [0.1, 0.15) is 29.5 Å². The number of aromatic nitrogens is 2. The van der Waals surface area contributed by atoms with Crippen LogP contribution in [0.4, 0.5) is 10.4 Å². The molecule has 1 aromatic carbocycles. The second kappa shape index (κ2) is 6.47. The summed E-state index contributed by atoms with van der Waals surface area (Å²) in [4.78, 5) is 0. The highest BCUT2D eigenvalue weighted by molar-refractivity contribution is 5.32. The SMILES string of the molecule is CCNCc1nnc(NCc2cc(C)c(F)c(C)c2)o1. The van der Waals surface area contributed by atoms with Crippen molar-refractivity contribution in [2.75, 3.05) is 11.9 Å². The van der Waals surface area contributed by atoms with Crippen molar-refractivity contribution < 1.29 is 8.81 Å². The zero-order valence-electron chi connectivity index (χ0n) is 12.0. The second-order valence-corrected chi connectivity index (χ2v) is 4.68. The highest BCUT2D eigenvalue weighted by Crippen LogP contribution is 2.16. The van der Waals surface area contributed by atoms with Gasteiger partial charge in [-0.2, -0.15) is 0 Å². The minimum absolute atomic E-state index is 0.153. The Labute approximate surface area is 117 Å². The monoisotopic (exact) mass is 278 g/mol. The third kappa shape index (κ3) is 3.54. The lowest BCUT2D eigenvalue weighted by Gasteiger charge is -2.06. The van der Waals surface area contributed by atoms with Gasteiger partial charge < -0.3 is 15.1 Å². The predicted molar refractivity (Wildman–Crippen MR) is 74.9 cm³/mol. The molecule has 1 heterocycles. The van der Waals surface area contributed by atoms with E-state index in [1.807, 2.05) is 19.1 Å². The molecule has 108 valence electrons. The molecule has 2 N–H and O–H groups in total. The number of nitrogens with zero attached hydrogens (tertiary/aromatic N) is 2. The average Bonchev–Trinajstić information content (AvgIpc) is 2.88. The van der Waals surface area contributed by atoms with Gasteiger partial charge in [0.1, 0.15) is 5.82 Å². The van der Waals surface area contributed by atoms with E-state index in [1.54, 1.807) is 13.8 Å². The molecule has 2 aromatic rings. The maximum atomic E-state index is 13.5. The van der Waals surface area contributed by atoms with Crippen LogP contribution in [0.5, 0.6) is 0 Å². The van der Waals surface area contributed by atoms with Crippen molar-refractivity contribution >= 4 is 6.01 Å². The van der Waals surface area contributed by atoms with E-state index in [2.05, 4.69) is 20.8 Å². The first kappa shape index (κ1) is 14.5. The van der Waals surface area contributed by atoms with Gasteiger partial charge >= 0.3 is 6.01 Å². The van der Waals surface area contributed by atoms with Crippen LogP contribution < -0.4 is 10.6 Å². The summed E-state index contributed by atoms with van der Waals surface area (Å²) in [5, 5.41) is 14.0. The largest absolute Gasteiger partial charge is 0.407 e. The Balaban J connectivity index is 1.96. The number of hydrogen-bond donors (Lipinski definition) is 2. The third-order valence-corrected chi connectivity index (χ3v) is 2.93. The van der Waals surface area contributed by atoms with Crippen LogP contribution in [0.25, 0.3) is 0 Å². The van der Waals surface area contributed by atoms with Crippen molar-refractivity contribution in [3.05, 3.63) is 40.5 Å². The Morgan fingerprint density at radius 2 is 1.85 bits per heavy atom. The fourth-order valence-electron chi connectivity index (χ4n) is 1.94. The molecule has 0 atom stereocenters. The van der Waals surface area contributed by atoms with Gasteiger partial charge in [0.15, 0.2) is 0 Å². The minimum atomic E-state index is -0.153. The summed E-state index contributed by atoms with van der Waals surface area (Å²) in [6, 6.07) is 3.99. The molecule has 0 fully saturated rings. The van der Waals surface area contributed by atoms with Gasteiger partial charge in [0, 0.05) is 6.54 Å². The van der Waals surface area contributed by atoms with Crippen LogP contribution in [0.3, 0.4) is 0 Å². The van der Waals surface area contributed by atoms with E-state index in [0.29, 0.717) is 36.1 Å². The zero-order chi connectivity index (χ0) is 14.5. The van der Waals surface area contributed by atoms with E-state index in [9.17, 15) is 4.39 Å². The maximum Gasteiger partial charge on any atom is 0.315 e. The zero-order valence-corrected chi connectivity index (χ0v) is 12.0. The molecule has 0 saturated heterocycles. The molecule has 0 spiro atoms. The molecule has 0 saturated carbocycles. The molecule has 0 unspecified atom stereocenters. The molecular weight excluding hydrogens is 259 g/mol. The number of benzene rings is 1. The van der Waals surface area contributed by atoms with Gasteiger partial charge in [-0.3, -0.25) is 0 Å². The van der Waals surface area contributed by atoms with E-state index in [0.717, 1.165) is 12.1 Å². The summed E-state index contributed by atoms with van der Waals surface area (Å²) in [7, 11) is 0. The molecule has 5 nitrogen and oxygen atoms in total. The topological polar surface area (TPSA) is 63.0 Å². The molecule has 0 aliphatic rings. The van der Waals surface area contributed by atoms with Crippen LogP contribution in [0.15, 0.2) is 16.5 Å². The number of aryl methyl sites for hydroxylation is 2. The van der Waals surface area contributed by atoms with E-state index in [4.69, 9.17) is 4.42 Å². The molecule has 2 rings (SSSR count). The van der Waals surface area contributed by atoms with E-state index < -0.39 is 0 Å². The van der Waals surface area contributed by atoms with Crippen molar-refractivity contribution in [2.24, 2.45) is 0 Å². The lowest BCUT2D eigenvalue weighted by molar-refractivity contribution is 0.481. The highest BCUT2D eigenvalue weighted by atomic mass is 19.1. The van der Waals surface area contributed by atoms with Gasteiger partial charge in [0.05, 0.1) is 6.54 Å². The summed E-state index contributed by atoms with van der Waals surface area (Å²) >= 11 is 0. The smallest absolute Gasteiger partial charge is 0.315 e. The van der Waals surface area contributed by atoms with Gasteiger partial charge in [-0.25, -0.2) is 4.39 Å². The predicted octanol–water partition coefficient (Wildman–Crippen LogP) is 2.55. The minimum Gasteiger partial charge on any atom is -0.407 e. The number of rotatable bonds is 6. The number of hydrogen-bond acceptors (Lipinski definition) is 5. The standard InChI is InChI=1S/C14H19FN4O/c1-4-16-8-12-18-19-14(20-12)17-7-11-5-9(2)13(15)10(3)6-11/h5-6,16H,4,7-8H2,1-3H3,(H,17,19). The van der Waals surface area contributed by atoms with Gasteiger partial charge in [-0.15, -0.1) is 5.10 Å². The molecule has 0 aliphatic carbocycles. The van der Waals surface area contributed by atoms with Crippen molar-refractivity contribution in [3.8, 4) is 0 Å². The lowest BCUT2D eigenvalue weighted by Crippen LogP contribution is -2.11. The Morgan fingerprint density at radius 1 is 1.15 bits per heavy atom. The van der Waals surface area contributed by atoms with Gasteiger partial charge in [-0.1, -0.05) is 24.2 Å². The lowest BCUT2D eigenvalue weighted by atomic mass is 10.1. The molecule has 0 aliphatic heterocycles. The van der Waals surface area contributed by atoms with E-state index in [1.165, 1.54) is 0 Å². The van der Waals surface area contributed by atoms with Crippen LogP contribution >= 0.6 is 0 Å². The van der Waals surface area contributed by atoms with Gasteiger partial charge in [0.25, 0.3) is 0 Å². The maximum absolute atomic E-state index is 13.5. The molecule has 0 amide bonds. The van der Waals surface area contributed by atoms with Gasteiger partial charge in [0.2, 0.25) is 5.89 Å². The quantitative estimate of drug-likeness (QED) is 0.850. The average molecular weight is 278 g/mol. The first-order valence-electron chi connectivity index (χ1n) is 6.62. The Kier molecular flexibility index (Phi) is 4.68. The van der Waals surface area contributed by atoms with Gasteiger partial charge in [-0.05, 0) is 37.1 Å². The van der Waals surface area contributed by atoms with E-state index in [-0.39, 0.29) is 5.82 Å². The Hall–Kier alpha value is -1.95. The van der Waals surface area contributed by atoms with Crippen LogP contribution in [-0.4, -0.2) is 16.7 Å².